The Hall–Kier alpha value is -2.77. The number of aromatic nitrogens is 3. The molecule has 2 aliphatic rings. The molecule has 2 aromatic rings. The first-order valence-corrected chi connectivity index (χ1v) is 7.95. The van der Waals surface area contributed by atoms with Crippen molar-refractivity contribution in [3.8, 4) is 11.5 Å². The van der Waals surface area contributed by atoms with Crippen LogP contribution in [0.15, 0.2) is 18.2 Å². The Balaban J connectivity index is 1.37. The van der Waals surface area contributed by atoms with Gasteiger partial charge in [0, 0.05) is 24.8 Å². The van der Waals surface area contributed by atoms with Crippen molar-refractivity contribution in [2.45, 2.75) is 19.9 Å². The molecular weight excluding hydrogens is 310 g/mol. The van der Waals surface area contributed by atoms with Crippen molar-refractivity contribution < 1.29 is 14.3 Å². The van der Waals surface area contributed by atoms with Gasteiger partial charge in [-0.05, 0) is 26.0 Å². The first kappa shape index (κ1) is 14.8. The smallest absolute Gasteiger partial charge is 0.321 e. The van der Waals surface area contributed by atoms with E-state index in [1.807, 2.05) is 30.7 Å². The van der Waals surface area contributed by atoms with Gasteiger partial charge in [-0.15, -0.1) is 0 Å². The molecule has 0 unspecified atom stereocenters. The summed E-state index contributed by atoms with van der Waals surface area (Å²) in [5.41, 5.74) is 0.695. The molecule has 126 valence electrons. The van der Waals surface area contributed by atoms with Crippen molar-refractivity contribution in [2.24, 2.45) is 0 Å². The van der Waals surface area contributed by atoms with Crippen molar-refractivity contribution in [3.05, 3.63) is 29.8 Å². The molecule has 8 heteroatoms. The molecule has 4 rings (SSSR count). The average molecular weight is 329 g/mol. The quantitative estimate of drug-likeness (QED) is 0.908. The van der Waals surface area contributed by atoms with E-state index in [0.29, 0.717) is 43.5 Å². The molecule has 1 N–H and O–H groups in total. The fourth-order valence-electron chi connectivity index (χ4n) is 2.98. The second-order valence-corrected chi connectivity index (χ2v) is 6.00. The summed E-state index contributed by atoms with van der Waals surface area (Å²) in [5, 5.41) is 7.27. The number of amides is 2. The van der Waals surface area contributed by atoms with Crippen LogP contribution in [-0.2, 0) is 0 Å². The number of nitrogens with zero attached hydrogens (tertiary/aromatic N) is 4. The number of aryl methyl sites for hydroxylation is 2. The summed E-state index contributed by atoms with van der Waals surface area (Å²) in [6.07, 6.45) is 0. The van der Waals surface area contributed by atoms with Gasteiger partial charge < -0.3 is 19.7 Å². The van der Waals surface area contributed by atoms with E-state index in [1.54, 1.807) is 11.0 Å². The van der Waals surface area contributed by atoms with Crippen LogP contribution < -0.4 is 14.8 Å². The predicted octanol–water partition coefficient (Wildman–Crippen LogP) is 1.75. The molecule has 0 aliphatic carbocycles. The van der Waals surface area contributed by atoms with Crippen LogP contribution in [-0.4, -0.2) is 52.0 Å². The van der Waals surface area contributed by atoms with Crippen LogP contribution in [0.1, 0.15) is 17.7 Å². The van der Waals surface area contributed by atoms with Gasteiger partial charge in [-0.3, -0.25) is 0 Å². The van der Waals surface area contributed by atoms with Crippen LogP contribution in [0.2, 0.25) is 0 Å². The molecule has 0 bridgehead atoms. The predicted molar refractivity (Wildman–Crippen MR) is 86.6 cm³/mol. The second kappa shape index (κ2) is 5.70. The highest BCUT2D eigenvalue weighted by molar-refractivity contribution is 5.90. The minimum Gasteiger partial charge on any atom is -0.486 e. The Morgan fingerprint density at radius 1 is 1.21 bits per heavy atom. The second-order valence-electron chi connectivity index (χ2n) is 6.00. The Bertz CT molecular complexity index is 782. The number of nitrogens with one attached hydrogen (secondary N) is 1. The molecule has 2 aliphatic heterocycles. The Labute approximate surface area is 139 Å². The molecule has 0 radical (unpaired) electrons. The number of ether oxygens (including phenoxy) is 2. The lowest BCUT2D eigenvalue weighted by molar-refractivity contribution is 0.126. The van der Waals surface area contributed by atoms with Gasteiger partial charge in [0.1, 0.15) is 24.9 Å². The van der Waals surface area contributed by atoms with E-state index in [4.69, 9.17) is 9.47 Å². The monoisotopic (exact) mass is 329 g/mol. The normalized spacial score (nSPS) is 16.7. The van der Waals surface area contributed by atoms with Gasteiger partial charge in [-0.25, -0.2) is 14.5 Å². The highest BCUT2D eigenvalue weighted by atomic mass is 16.6. The molecule has 1 fully saturated rings. The lowest BCUT2D eigenvalue weighted by Gasteiger charge is -2.39. The van der Waals surface area contributed by atoms with Gasteiger partial charge >= 0.3 is 6.03 Å². The van der Waals surface area contributed by atoms with Crippen molar-refractivity contribution >= 4 is 11.7 Å². The van der Waals surface area contributed by atoms with Gasteiger partial charge in [-0.2, -0.15) is 5.10 Å². The molecule has 3 heterocycles. The zero-order chi connectivity index (χ0) is 16.7. The zero-order valence-corrected chi connectivity index (χ0v) is 13.7. The number of anilines is 1. The van der Waals surface area contributed by atoms with Crippen molar-refractivity contribution in [2.75, 3.05) is 31.6 Å². The number of hydrogen-bond donors (Lipinski definition) is 1. The number of urea groups is 1. The molecule has 1 aromatic heterocycles. The summed E-state index contributed by atoms with van der Waals surface area (Å²) in [4.78, 5) is 18.4. The number of fused-ring (bicyclic) bond motifs is 1. The van der Waals surface area contributed by atoms with Gasteiger partial charge in [0.15, 0.2) is 11.5 Å². The molecule has 0 saturated carbocycles. The number of rotatable bonds is 2. The third kappa shape index (κ3) is 2.64. The SMILES string of the molecule is Cc1nc(C)n(C2CN(C(=O)Nc3ccc4c(c3)OCCO4)C2)n1. The lowest BCUT2D eigenvalue weighted by Crippen LogP contribution is -2.52. The van der Waals surface area contributed by atoms with Crippen LogP contribution in [0.5, 0.6) is 11.5 Å². The third-order valence-electron chi connectivity index (χ3n) is 4.20. The Morgan fingerprint density at radius 3 is 2.67 bits per heavy atom. The van der Waals surface area contributed by atoms with Crippen LogP contribution in [0.3, 0.4) is 0 Å². The van der Waals surface area contributed by atoms with Crippen LogP contribution >= 0.6 is 0 Å². The summed E-state index contributed by atoms with van der Waals surface area (Å²) in [5.74, 6) is 3.01. The standard InChI is InChI=1S/C16H19N5O3/c1-10-17-11(2)21(19-10)13-8-20(9-13)16(22)18-12-3-4-14-15(7-12)24-6-5-23-14/h3-4,7,13H,5-6,8-9H2,1-2H3,(H,18,22). The largest absolute Gasteiger partial charge is 0.486 e. The topological polar surface area (TPSA) is 81.5 Å². The molecule has 1 aromatic carbocycles. The number of carbonyl (C=O) groups excluding carboxylic acids is 1. The van der Waals surface area contributed by atoms with E-state index in [2.05, 4.69) is 15.4 Å². The first-order valence-electron chi connectivity index (χ1n) is 7.95. The maximum atomic E-state index is 12.3. The fraction of sp³-hybridized carbons (Fsp3) is 0.438. The third-order valence-corrected chi connectivity index (χ3v) is 4.20. The van der Waals surface area contributed by atoms with Gasteiger partial charge in [-0.1, -0.05) is 0 Å². The summed E-state index contributed by atoms with van der Waals surface area (Å²) in [6, 6.07) is 5.47. The maximum absolute atomic E-state index is 12.3. The average Bonchev–Trinajstić information content (AvgIpc) is 2.84. The van der Waals surface area contributed by atoms with Gasteiger partial charge in [0.2, 0.25) is 0 Å². The van der Waals surface area contributed by atoms with Crippen LogP contribution in [0, 0.1) is 13.8 Å². The lowest BCUT2D eigenvalue weighted by atomic mass is 10.1. The number of benzene rings is 1. The van der Waals surface area contributed by atoms with E-state index in [0.717, 1.165) is 11.6 Å². The molecule has 0 spiro atoms. The van der Waals surface area contributed by atoms with Crippen LogP contribution in [0.4, 0.5) is 10.5 Å². The van der Waals surface area contributed by atoms with E-state index < -0.39 is 0 Å². The van der Waals surface area contributed by atoms with E-state index in [1.165, 1.54) is 0 Å². The molecule has 8 nitrogen and oxygen atoms in total. The minimum atomic E-state index is -0.127. The van der Waals surface area contributed by atoms with Crippen molar-refractivity contribution in [1.29, 1.82) is 0 Å². The van der Waals surface area contributed by atoms with Crippen molar-refractivity contribution in [1.82, 2.24) is 19.7 Å². The molecule has 0 atom stereocenters. The summed E-state index contributed by atoms with van der Waals surface area (Å²) in [7, 11) is 0. The summed E-state index contributed by atoms with van der Waals surface area (Å²) < 4.78 is 12.9. The minimum absolute atomic E-state index is 0.127. The van der Waals surface area contributed by atoms with Crippen LogP contribution in [0.25, 0.3) is 0 Å². The molecule has 1 saturated heterocycles. The highest BCUT2D eigenvalue weighted by Gasteiger charge is 2.33. The molecule has 24 heavy (non-hydrogen) atoms. The van der Waals surface area contributed by atoms with E-state index in [-0.39, 0.29) is 12.1 Å². The fourth-order valence-corrected chi connectivity index (χ4v) is 2.98. The number of carbonyl (C=O) groups is 1. The maximum Gasteiger partial charge on any atom is 0.321 e. The first-order chi connectivity index (χ1) is 11.6. The van der Waals surface area contributed by atoms with Gasteiger partial charge in [0.05, 0.1) is 6.04 Å². The zero-order valence-electron chi connectivity index (χ0n) is 13.7. The van der Waals surface area contributed by atoms with E-state index >= 15 is 0 Å². The summed E-state index contributed by atoms with van der Waals surface area (Å²) in [6.45, 7) is 6.12. The Kier molecular flexibility index (Phi) is 3.51. The Morgan fingerprint density at radius 2 is 1.96 bits per heavy atom. The van der Waals surface area contributed by atoms with Crippen molar-refractivity contribution in [3.63, 3.8) is 0 Å². The van der Waals surface area contributed by atoms with E-state index in [9.17, 15) is 4.79 Å². The molecular formula is C16H19N5O3. The molecule has 2 amide bonds. The number of hydrogen-bond acceptors (Lipinski definition) is 5. The number of likely N-dealkylation sites (tertiary alicyclic amines) is 1. The van der Waals surface area contributed by atoms with Gasteiger partial charge in [0.25, 0.3) is 0 Å². The summed E-state index contributed by atoms with van der Waals surface area (Å²) >= 11 is 0. The highest BCUT2D eigenvalue weighted by Crippen LogP contribution is 2.33.